The maximum atomic E-state index is 12.5. The van der Waals surface area contributed by atoms with E-state index in [1.54, 1.807) is 0 Å². The van der Waals surface area contributed by atoms with Crippen molar-refractivity contribution in [1.29, 1.82) is 0 Å². The van der Waals surface area contributed by atoms with Crippen LogP contribution in [0.4, 0.5) is 0 Å². The monoisotopic (exact) mass is 417 g/mol. The van der Waals surface area contributed by atoms with E-state index in [-0.39, 0.29) is 5.78 Å². The van der Waals surface area contributed by atoms with Crippen LogP contribution in [-0.4, -0.2) is 37.9 Å². The van der Waals surface area contributed by atoms with E-state index in [1.165, 1.54) is 83.5 Å². The molecule has 1 aromatic rings. The zero-order valence-electron chi connectivity index (χ0n) is 20.3. The molecule has 0 fully saturated rings. The summed E-state index contributed by atoms with van der Waals surface area (Å²) >= 11 is 0. The summed E-state index contributed by atoms with van der Waals surface area (Å²) < 4.78 is 5.96. The molecule has 0 heterocycles. The van der Waals surface area contributed by atoms with Crippen LogP contribution in [0, 0.1) is 6.92 Å². The maximum absolute atomic E-state index is 12.5. The van der Waals surface area contributed by atoms with E-state index in [4.69, 9.17) is 4.74 Å². The van der Waals surface area contributed by atoms with Crippen LogP contribution in [0.15, 0.2) is 18.2 Å². The van der Waals surface area contributed by atoms with Gasteiger partial charge in [-0.05, 0) is 39.6 Å². The number of carbonyl (C=O) groups excluding carboxylic acids is 1. The van der Waals surface area contributed by atoms with Crippen LogP contribution in [0.5, 0.6) is 5.75 Å². The molecule has 0 bridgehead atoms. The van der Waals surface area contributed by atoms with Gasteiger partial charge in [-0.25, -0.2) is 0 Å². The van der Waals surface area contributed by atoms with Gasteiger partial charge in [0.2, 0.25) is 0 Å². The molecular formula is C27H47NO2. The third-order valence-corrected chi connectivity index (χ3v) is 5.65. The minimum absolute atomic E-state index is 0.125. The Morgan fingerprint density at radius 1 is 0.800 bits per heavy atom. The summed E-state index contributed by atoms with van der Waals surface area (Å²) in [5, 5.41) is 0. The Balaban J connectivity index is 2.06. The SMILES string of the molecule is CCCCCCCCCCCCCCCCOc1ccc(C)cc1C(=O)CN(C)C. The van der Waals surface area contributed by atoms with Crippen molar-refractivity contribution in [1.82, 2.24) is 4.90 Å². The molecule has 3 heteroatoms. The molecule has 172 valence electrons. The van der Waals surface area contributed by atoms with Crippen LogP contribution in [-0.2, 0) is 0 Å². The van der Waals surface area contributed by atoms with Crippen LogP contribution in [0.2, 0.25) is 0 Å². The molecule has 0 N–H and O–H groups in total. The molecule has 0 atom stereocenters. The number of hydrogen-bond donors (Lipinski definition) is 0. The number of Topliss-reactive ketones (excluding diaryl/α,β-unsaturated/α-hetero) is 1. The van der Waals surface area contributed by atoms with Gasteiger partial charge in [-0.15, -0.1) is 0 Å². The van der Waals surface area contributed by atoms with Crippen molar-refractivity contribution >= 4 is 5.78 Å². The quantitative estimate of drug-likeness (QED) is 0.171. The summed E-state index contributed by atoms with van der Waals surface area (Å²) in [6, 6.07) is 5.92. The number of ether oxygens (including phenoxy) is 1. The molecule has 1 aromatic carbocycles. The number of benzene rings is 1. The first-order valence-corrected chi connectivity index (χ1v) is 12.5. The van der Waals surface area contributed by atoms with Gasteiger partial charge in [-0.3, -0.25) is 4.79 Å². The van der Waals surface area contributed by atoms with Gasteiger partial charge >= 0.3 is 0 Å². The van der Waals surface area contributed by atoms with Gasteiger partial charge in [0, 0.05) is 0 Å². The van der Waals surface area contributed by atoms with E-state index >= 15 is 0 Å². The van der Waals surface area contributed by atoms with Gasteiger partial charge < -0.3 is 9.64 Å². The predicted octanol–water partition coefficient (Wildman–Crippen LogP) is 7.60. The standard InChI is InChI=1S/C27H47NO2/c1-5-6-7-8-9-10-11-12-13-14-15-16-17-18-21-30-27-20-19-24(2)22-25(27)26(29)23-28(3)4/h19-20,22H,5-18,21,23H2,1-4H3. The number of ketones is 1. The maximum Gasteiger partial charge on any atom is 0.180 e. The van der Waals surface area contributed by atoms with Gasteiger partial charge in [-0.1, -0.05) is 102 Å². The Bertz CT molecular complexity index is 568. The topological polar surface area (TPSA) is 29.5 Å². The molecule has 0 aromatic heterocycles. The highest BCUT2D eigenvalue weighted by molar-refractivity contribution is 6.00. The van der Waals surface area contributed by atoms with Crippen LogP contribution >= 0.6 is 0 Å². The third kappa shape index (κ3) is 13.1. The van der Waals surface area contributed by atoms with Crippen LogP contribution < -0.4 is 4.74 Å². The smallest absolute Gasteiger partial charge is 0.180 e. The summed E-state index contributed by atoms with van der Waals surface area (Å²) in [5.74, 6) is 0.863. The number of carbonyl (C=O) groups is 1. The Hall–Kier alpha value is -1.35. The predicted molar refractivity (Wildman–Crippen MR) is 130 cm³/mol. The lowest BCUT2D eigenvalue weighted by Crippen LogP contribution is -2.22. The van der Waals surface area contributed by atoms with Gasteiger partial charge in [-0.2, -0.15) is 0 Å². The third-order valence-electron chi connectivity index (χ3n) is 5.65. The highest BCUT2D eigenvalue weighted by Crippen LogP contribution is 2.21. The average molecular weight is 418 g/mol. The van der Waals surface area contributed by atoms with Crippen molar-refractivity contribution in [3.8, 4) is 5.75 Å². The molecule has 0 aliphatic carbocycles. The van der Waals surface area contributed by atoms with E-state index in [2.05, 4.69) is 6.92 Å². The fraction of sp³-hybridized carbons (Fsp3) is 0.741. The van der Waals surface area contributed by atoms with Gasteiger partial charge in [0.25, 0.3) is 0 Å². The molecule has 0 saturated heterocycles. The van der Waals surface area contributed by atoms with Crippen molar-refractivity contribution in [3.05, 3.63) is 29.3 Å². The zero-order valence-corrected chi connectivity index (χ0v) is 20.3. The van der Waals surface area contributed by atoms with Crippen LogP contribution in [0.1, 0.15) is 113 Å². The Kier molecular flexibility index (Phi) is 15.4. The Labute approximate surface area is 186 Å². The number of rotatable bonds is 19. The second kappa shape index (κ2) is 17.3. The largest absolute Gasteiger partial charge is 0.493 e. The molecule has 30 heavy (non-hydrogen) atoms. The highest BCUT2D eigenvalue weighted by atomic mass is 16.5. The van der Waals surface area contributed by atoms with Crippen molar-refractivity contribution in [2.24, 2.45) is 0 Å². The molecular weight excluding hydrogens is 370 g/mol. The van der Waals surface area contributed by atoms with E-state index in [0.717, 1.165) is 17.7 Å². The van der Waals surface area contributed by atoms with E-state index in [9.17, 15) is 4.79 Å². The molecule has 0 amide bonds. The highest BCUT2D eigenvalue weighted by Gasteiger charge is 2.13. The molecule has 1 rings (SSSR count). The summed E-state index contributed by atoms with van der Waals surface area (Å²) in [6.07, 6.45) is 19.0. The van der Waals surface area contributed by atoms with Crippen LogP contribution in [0.3, 0.4) is 0 Å². The van der Waals surface area contributed by atoms with Crippen molar-refractivity contribution < 1.29 is 9.53 Å². The lowest BCUT2D eigenvalue weighted by Gasteiger charge is -2.14. The summed E-state index contributed by atoms with van der Waals surface area (Å²) in [4.78, 5) is 14.4. The normalized spacial score (nSPS) is 11.2. The van der Waals surface area contributed by atoms with Crippen molar-refractivity contribution in [3.63, 3.8) is 0 Å². The Morgan fingerprint density at radius 2 is 1.30 bits per heavy atom. The Morgan fingerprint density at radius 3 is 1.80 bits per heavy atom. The second-order valence-corrected chi connectivity index (χ2v) is 9.11. The minimum Gasteiger partial charge on any atom is -0.493 e. The van der Waals surface area contributed by atoms with Gasteiger partial charge in [0.1, 0.15) is 5.75 Å². The molecule has 0 radical (unpaired) electrons. The molecule has 0 unspecified atom stereocenters. The molecule has 0 spiro atoms. The molecule has 0 saturated carbocycles. The summed E-state index contributed by atoms with van der Waals surface area (Å²) in [5.41, 5.74) is 1.81. The van der Waals surface area contributed by atoms with Gasteiger partial charge in [0.05, 0.1) is 18.7 Å². The van der Waals surface area contributed by atoms with E-state index in [1.807, 2.05) is 44.1 Å². The first kappa shape index (κ1) is 26.7. The molecule has 0 aliphatic heterocycles. The number of nitrogens with zero attached hydrogens (tertiary/aromatic N) is 1. The second-order valence-electron chi connectivity index (χ2n) is 9.11. The van der Waals surface area contributed by atoms with Crippen molar-refractivity contribution in [2.45, 2.75) is 104 Å². The zero-order chi connectivity index (χ0) is 22.0. The number of unbranched alkanes of at least 4 members (excludes halogenated alkanes) is 13. The van der Waals surface area contributed by atoms with Gasteiger partial charge in [0.15, 0.2) is 5.78 Å². The number of likely N-dealkylation sites (N-methyl/N-ethyl adjacent to an activating group) is 1. The number of aryl methyl sites for hydroxylation is 1. The summed E-state index contributed by atoms with van der Waals surface area (Å²) in [7, 11) is 3.84. The fourth-order valence-electron chi connectivity index (χ4n) is 3.84. The molecule has 3 nitrogen and oxygen atoms in total. The minimum atomic E-state index is 0.125. The fourth-order valence-corrected chi connectivity index (χ4v) is 3.84. The first-order valence-electron chi connectivity index (χ1n) is 12.5. The summed E-state index contributed by atoms with van der Waals surface area (Å²) in [6.45, 7) is 5.41. The lowest BCUT2D eigenvalue weighted by atomic mass is 10.0. The average Bonchev–Trinajstić information content (AvgIpc) is 2.71. The van der Waals surface area contributed by atoms with E-state index in [0.29, 0.717) is 18.7 Å². The number of hydrogen-bond acceptors (Lipinski definition) is 3. The van der Waals surface area contributed by atoms with E-state index < -0.39 is 0 Å². The van der Waals surface area contributed by atoms with Crippen molar-refractivity contribution in [2.75, 3.05) is 27.2 Å². The lowest BCUT2D eigenvalue weighted by molar-refractivity contribution is 0.0953. The van der Waals surface area contributed by atoms with Crippen LogP contribution in [0.25, 0.3) is 0 Å². The first-order chi connectivity index (χ1) is 14.5. The molecule has 0 aliphatic rings.